The van der Waals surface area contributed by atoms with Crippen LogP contribution in [0, 0.1) is 12.7 Å². The topological polar surface area (TPSA) is 15.3 Å². The van der Waals surface area contributed by atoms with E-state index >= 15 is 0 Å². The number of hydrogen-bond donors (Lipinski definition) is 1. The maximum Gasteiger partial charge on any atom is 0.408 e. The van der Waals surface area contributed by atoms with Crippen LogP contribution in [-0.2, 0) is 0 Å². The highest BCUT2D eigenvalue weighted by atomic mass is 35.5. The third kappa shape index (κ3) is 3.84. The van der Waals surface area contributed by atoms with Crippen molar-refractivity contribution < 1.29 is 17.6 Å². The van der Waals surface area contributed by atoms with Crippen LogP contribution >= 0.6 is 12.4 Å². The zero-order valence-electron chi connectivity index (χ0n) is 11.0. The van der Waals surface area contributed by atoms with Gasteiger partial charge in [-0.05, 0) is 30.2 Å². The quantitative estimate of drug-likeness (QED) is 0.844. The van der Waals surface area contributed by atoms with E-state index in [0.717, 1.165) is 12.1 Å². The number of hydrogen-bond acceptors (Lipinski definition) is 2. The fourth-order valence-electron chi connectivity index (χ4n) is 2.47. The molecule has 0 radical (unpaired) electrons. The molecular formula is C13H17ClF4N2. The van der Waals surface area contributed by atoms with E-state index < -0.39 is 18.0 Å². The zero-order chi connectivity index (χ0) is 14.0. The average Bonchev–Trinajstić information content (AvgIpc) is 2.32. The van der Waals surface area contributed by atoms with Crippen LogP contribution in [0.5, 0.6) is 0 Å². The highest BCUT2D eigenvalue weighted by Crippen LogP contribution is 2.39. The van der Waals surface area contributed by atoms with Crippen molar-refractivity contribution >= 4 is 12.4 Å². The first-order valence-electron chi connectivity index (χ1n) is 6.17. The SMILES string of the molecule is Cc1cc(F)ccc1[C@H](N1CCNCC1)C(F)(F)F.Cl. The fourth-order valence-corrected chi connectivity index (χ4v) is 2.47. The lowest BCUT2D eigenvalue weighted by Gasteiger charge is -2.36. The van der Waals surface area contributed by atoms with Crippen molar-refractivity contribution in [1.82, 2.24) is 10.2 Å². The number of nitrogens with one attached hydrogen (secondary N) is 1. The summed E-state index contributed by atoms with van der Waals surface area (Å²) in [7, 11) is 0. The summed E-state index contributed by atoms with van der Waals surface area (Å²) < 4.78 is 53.0. The lowest BCUT2D eigenvalue weighted by Crippen LogP contribution is -2.49. The zero-order valence-corrected chi connectivity index (χ0v) is 11.8. The Kier molecular flexibility index (Phi) is 5.79. The van der Waals surface area contributed by atoms with Gasteiger partial charge in [-0.25, -0.2) is 4.39 Å². The summed E-state index contributed by atoms with van der Waals surface area (Å²) in [5, 5.41) is 3.03. The highest BCUT2D eigenvalue weighted by Gasteiger charge is 2.45. The lowest BCUT2D eigenvalue weighted by atomic mass is 9.98. The van der Waals surface area contributed by atoms with Crippen LogP contribution in [0.25, 0.3) is 0 Å². The smallest absolute Gasteiger partial charge is 0.314 e. The molecule has 0 aromatic heterocycles. The van der Waals surface area contributed by atoms with Crippen LogP contribution in [0.15, 0.2) is 18.2 Å². The minimum Gasteiger partial charge on any atom is -0.314 e. The first kappa shape index (κ1) is 17.2. The van der Waals surface area contributed by atoms with Gasteiger partial charge in [0, 0.05) is 26.2 Å². The monoisotopic (exact) mass is 312 g/mol. The van der Waals surface area contributed by atoms with Crippen molar-refractivity contribution in [2.75, 3.05) is 26.2 Å². The number of aryl methyl sites for hydroxylation is 1. The molecule has 1 aromatic rings. The molecule has 2 rings (SSSR count). The minimum atomic E-state index is -4.36. The van der Waals surface area contributed by atoms with Gasteiger partial charge in [0.05, 0.1) is 0 Å². The van der Waals surface area contributed by atoms with Crippen molar-refractivity contribution in [3.8, 4) is 0 Å². The summed E-state index contributed by atoms with van der Waals surface area (Å²) in [5.74, 6) is -0.512. The van der Waals surface area contributed by atoms with Gasteiger partial charge < -0.3 is 5.32 Å². The van der Waals surface area contributed by atoms with E-state index in [4.69, 9.17) is 0 Å². The molecule has 1 saturated heterocycles. The Morgan fingerprint density at radius 2 is 1.80 bits per heavy atom. The van der Waals surface area contributed by atoms with Crippen LogP contribution in [-0.4, -0.2) is 37.3 Å². The number of rotatable bonds is 2. The van der Waals surface area contributed by atoms with Gasteiger partial charge in [-0.2, -0.15) is 13.2 Å². The van der Waals surface area contributed by atoms with Crippen molar-refractivity contribution in [1.29, 1.82) is 0 Å². The first-order chi connectivity index (χ1) is 8.89. The fraction of sp³-hybridized carbons (Fsp3) is 0.538. The predicted molar refractivity (Wildman–Crippen MR) is 71.6 cm³/mol. The van der Waals surface area contributed by atoms with Gasteiger partial charge in [0.15, 0.2) is 0 Å². The maximum atomic E-state index is 13.3. The molecule has 0 aliphatic carbocycles. The molecule has 0 spiro atoms. The summed E-state index contributed by atoms with van der Waals surface area (Å²) >= 11 is 0. The second-order valence-electron chi connectivity index (χ2n) is 4.73. The first-order valence-corrected chi connectivity index (χ1v) is 6.17. The largest absolute Gasteiger partial charge is 0.408 e. The van der Waals surface area contributed by atoms with Crippen LogP contribution in [0.3, 0.4) is 0 Å². The Morgan fingerprint density at radius 3 is 2.30 bits per heavy atom. The summed E-state index contributed by atoms with van der Waals surface area (Å²) in [6.45, 7) is 3.25. The molecule has 0 bridgehead atoms. The van der Waals surface area contributed by atoms with E-state index in [-0.39, 0.29) is 18.0 Å². The summed E-state index contributed by atoms with van der Waals surface area (Å²) in [6.07, 6.45) is -4.36. The minimum absolute atomic E-state index is 0. The Morgan fingerprint density at radius 1 is 1.20 bits per heavy atom. The summed E-state index contributed by atoms with van der Waals surface area (Å²) in [5.41, 5.74) is 0.469. The Hall–Kier alpha value is -0.850. The van der Waals surface area contributed by atoms with E-state index in [0.29, 0.717) is 31.7 Å². The van der Waals surface area contributed by atoms with E-state index in [9.17, 15) is 17.6 Å². The molecule has 114 valence electrons. The van der Waals surface area contributed by atoms with Crippen molar-refractivity contribution in [3.63, 3.8) is 0 Å². The average molecular weight is 313 g/mol. The molecule has 2 nitrogen and oxygen atoms in total. The standard InChI is InChI=1S/C13H16F4N2.ClH/c1-9-8-10(14)2-3-11(9)12(13(15,16)17)19-6-4-18-5-7-19;/h2-3,8,12,18H,4-7H2,1H3;1H/t12-;/m0./s1. The van der Waals surface area contributed by atoms with Gasteiger partial charge in [0.25, 0.3) is 0 Å². The second-order valence-corrected chi connectivity index (χ2v) is 4.73. The third-order valence-electron chi connectivity index (χ3n) is 3.35. The number of alkyl halides is 3. The van der Waals surface area contributed by atoms with Gasteiger partial charge in [-0.15, -0.1) is 12.4 Å². The van der Waals surface area contributed by atoms with E-state index in [1.165, 1.54) is 17.9 Å². The molecular weight excluding hydrogens is 296 g/mol. The maximum absolute atomic E-state index is 13.3. The normalized spacial score (nSPS) is 18.4. The molecule has 1 aromatic carbocycles. The predicted octanol–water partition coefficient (Wildman–Crippen LogP) is 3.06. The Labute approximate surface area is 121 Å². The van der Waals surface area contributed by atoms with Gasteiger partial charge in [0.2, 0.25) is 0 Å². The molecule has 1 atom stereocenters. The van der Waals surface area contributed by atoms with E-state index in [1.807, 2.05) is 0 Å². The van der Waals surface area contributed by atoms with Gasteiger partial charge >= 0.3 is 6.18 Å². The second kappa shape index (κ2) is 6.74. The molecule has 1 aliphatic rings. The molecule has 0 saturated carbocycles. The molecule has 1 heterocycles. The molecule has 1 aliphatic heterocycles. The third-order valence-corrected chi connectivity index (χ3v) is 3.35. The van der Waals surface area contributed by atoms with Crippen LogP contribution in [0.1, 0.15) is 17.2 Å². The summed E-state index contributed by atoms with van der Waals surface area (Å²) in [4.78, 5) is 1.40. The Bertz CT molecular complexity index is 444. The lowest BCUT2D eigenvalue weighted by molar-refractivity contribution is -0.188. The number of benzene rings is 1. The van der Waals surface area contributed by atoms with Crippen LogP contribution in [0.4, 0.5) is 17.6 Å². The van der Waals surface area contributed by atoms with E-state index in [1.54, 1.807) is 0 Å². The molecule has 7 heteroatoms. The van der Waals surface area contributed by atoms with Gasteiger partial charge in [-0.3, -0.25) is 4.90 Å². The van der Waals surface area contributed by atoms with Crippen molar-refractivity contribution in [3.05, 3.63) is 35.1 Å². The number of halogens is 5. The summed E-state index contributed by atoms with van der Waals surface area (Å²) in [6, 6.07) is 1.82. The van der Waals surface area contributed by atoms with Crippen LogP contribution in [0.2, 0.25) is 0 Å². The molecule has 0 unspecified atom stereocenters. The van der Waals surface area contributed by atoms with Crippen molar-refractivity contribution in [2.45, 2.75) is 19.1 Å². The molecule has 20 heavy (non-hydrogen) atoms. The highest BCUT2D eigenvalue weighted by molar-refractivity contribution is 5.85. The van der Waals surface area contributed by atoms with Gasteiger partial charge in [0.1, 0.15) is 11.9 Å². The number of piperazine rings is 1. The molecule has 1 fully saturated rings. The number of nitrogens with zero attached hydrogens (tertiary/aromatic N) is 1. The van der Waals surface area contributed by atoms with Crippen molar-refractivity contribution in [2.24, 2.45) is 0 Å². The van der Waals surface area contributed by atoms with Gasteiger partial charge in [-0.1, -0.05) is 6.07 Å². The molecule has 0 amide bonds. The molecule has 1 N–H and O–H groups in total. The Balaban J connectivity index is 0.00000200. The van der Waals surface area contributed by atoms with Crippen LogP contribution < -0.4 is 5.32 Å². The van der Waals surface area contributed by atoms with E-state index in [2.05, 4.69) is 5.32 Å².